The van der Waals surface area contributed by atoms with E-state index in [0.717, 1.165) is 29.0 Å². The van der Waals surface area contributed by atoms with Crippen molar-refractivity contribution in [1.82, 2.24) is 14.9 Å². The van der Waals surface area contributed by atoms with Crippen molar-refractivity contribution in [2.45, 2.75) is 26.9 Å². The monoisotopic (exact) mass is 369 g/mol. The molecule has 0 aliphatic carbocycles. The molecule has 140 valence electrons. The third-order valence-corrected chi connectivity index (χ3v) is 5.12. The SMILES string of the molecule is Cc1ccccc1Cn1c(CNC(=O)c2ccccc2C)nc2ccccc21. The van der Waals surface area contributed by atoms with E-state index < -0.39 is 0 Å². The lowest BCUT2D eigenvalue weighted by Crippen LogP contribution is -2.25. The van der Waals surface area contributed by atoms with E-state index in [4.69, 9.17) is 4.98 Å². The number of amides is 1. The highest BCUT2D eigenvalue weighted by Crippen LogP contribution is 2.19. The number of benzene rings is 3. The topological polar surface area (TPSA) is 46.9 Å². The Labute approximate surface area is 164 Å². The van der Waals surface area contributed by atoms with E-state index in [2.05, 4.69) is 41.1 Å². The Bertz CT molecular complexity index is 1140. The molecule has 0 unspecified atom stereocenters. The molecule has 28 heavy (non-hydrogen) atoms. The molecule has 4 aromatic rings. The molecule has 4 rings (SSSR count). The molecule has 0 bridgehead atoms. The number of para-hydroxylation sites is 2. The summed E-state index contributed by atoms with van der Waals surface area (Å²) in [4.78, 5) is 17.4. The molecule has 3 aromatic carbocycles. The molecule has 0 aliphatic rings. The first-order valence-corrected chi connectivity index (χ1v) is 9.46. The quantitative estimate of drug-likeness (QED) is 0.557. The standard InChI is InChI=1S/C24H23N3O/c1-17-9-3-5-11-19(17)16-27-22-14-8-7-13-21(22)26-23(27)15-25-24(28)20-12-6-4-10-18(20)2/h3-14H,15-16H2,1-2H3,(H,25,28). The summed E-state index contributed by atoms with van der Waals surface area (Å²) in [5, 5.41) is 3.04. The number of aromatic nitrogens is 2. The van der Waals surface area contributed by atoms with E-state index >= 15 is 0 Å². The molecule has 0 fully saturated rings. The molecule has 4 heteroatoms. The molecule has 0 atom stereocenters. The van der Waals surface area contributed by atoms with E-state index in [-0.39, 0.29) is 5.91 Å². The lowest BCUT2D eigenvalue weighted by atomic mass is 10.1. The minimum atomic E-state index is -0.0763. The van der Waals surface area contributed by atoms with Gasteiger partial charge in [-0.05, 0) is 48.7 Å². The summed E-state index contributed by atoms with van der Waals surface area (Å²) in [5.41, 5.74) is 6.17. The van der Waals surface area contributed by atoms with Crippen molar-refractivity contribution >= 4 is 16.9 Å². The van der Waals surface area contributed by atoms with Crippen LogP contribution in [0.4, 0.5) is 0 Å². The number of imidazole rings is 1. The van der Waals surface area contributed by atoms with Crippen molar-refractivity contribution < 1.29 is 4.79 Å². The van der Waals surface area contributed by atoms with Gasteiger partial charge in [0.15, 0.2) is 0 Å². The van der Waals surface area contributed by atoms with Crippen LogP contribution in [0.3, 0.4) is 0 Å². The summed E-state index contributed by atoms with van der Waals surface area (Å²) in [6.07, 6.45) is 0. The van der Waals surface area contributed by atoms with Crippen LogP contribution in [0, 0.1) is 13.8 Å². The van der Waals surface area contributed by atoms with Crippen LogP contribution in [0.5, 0.6) is 0 Å². The number of hydrogen-bond donors (Lipinski definition) is 1. The summed E-state index contributed by atoms with van der Waals surface area (Å²) in [5.74, 6) is 0.777. The zero-order valence-electron chi connectivity index (χ0n) is 16.1. The predicted octanol–water partition coefficient (Wildman–Crippen LogP) is 4.63. The maximum atomic E-state index is 12.6. The minimum absolute atomic E-state index is 0.0763. The van der Waals surface area contributed by atoms with Crippen LogP contribution >= 0.6 is 0 Å². The van der Waals surface area contributed by atoms with Crippen LogP contribution in [0.15, 0.2) is 72.8 Å². The molecule has 0 saturated heterocycles. The molecule has 0 radical (unpaired) electrons. The lowest BCUT2D eigenvalue weighted by molar-refractivity contribution is 0.0949. The average molecular weight is 369 g/mol. The van der Waals surface area contributed by atoms with Gasteiger partial charge in [-0.3, -0.25) is 4.79 Å². The Hall–Kier alpha value is -3.40. The molecule has 0 spiro atoms. The highest BCUT2D eigenvalue weighted by molar-refractivity contribution is 5.95. The van der Waals surface area contributed by atoms with E-state index in [1.165, 1.54) is 11.1 Å². The Morgan fingerprint density at radius 2 is 1.57 bits per heavy atom. The highest BCUT2D eigenvalue weighted by Gasteiger charge is 2.14. The predicted molar refractivity (Wildman–Crippen MR) is 112 cm³/mol. The van der Waals surface area contributed by atoms with Crippen LogP contribution < -0.4 is 5.32 Å². The van der Waals surface area contributed by atoms with Crippen molar-refractivity contribution in [3.8, 4) is 0 Å². The number of carbonyl (C=O) groups excluding carboxylic acids is 1. The molecule has 1 amide bonds. The maximum absolute atomic E-state index is 12.6. The van der Waals surface area contributed by atoms with Gasteiger partial charge in [0, 0.05) is 12.1 Å². The minimum Gasteiger partial charge on any atom is -0.345 e. The van der Waals surface area contributed by atoms with Gasteiger partial charge in [0.05, 0.1) is 17.6 Å². The van der Waals surface area contributed by atoms with Crippen molar-refractivity contribution in [3.05, 3.63) is 101 Å². The molecular formula is C24H23N3O. The number of aryl methyl sites for hydroxylation is 2. The van der Waals surface area contributed by atoms with E-state index in [9.17, 15) is 4.79 Å². The number of rotatable bonds is 5. The summed E-state index contributed by atoms with van der Waals surface area (Å²) in [6.45, 7) is 5.17. The average Bonchev–Trinajstić information content (AvgIpc) is 3.06. The number of nitrogens with zero attached hydrogens (tertiary/aromatic N) is 2. The summed E-state index contributed by atoms with van der Waals surface area (Å²) in [7, 11) is 0. The molecule has 0 aliphatic heterocycles. The maximum Gasteiger partial charge on any atom is 0.251 e. The second kappa shape index (κ2) is 7.69. The zero-order valence-corrected chi connectivity index (χ0v) is 16.1. The van der Waals surface area contributed by atoms with Crippen LogP contribution in [0.2, 0.25) is 0 Å². The first-order chi connectivity index (χ1) is 13.6. The van der Waals surface area contributed by atoms with Gasteiger partial charge in [-0.1, -0.05) is 54.6 Å². The second-order valence-corrected chi connectivity index (χ2v) is 7.03. The molecule has 1 aromatic heterocycles. The lowest BCUT2D eigenvalue weighted by Gasteiger charge is -2.12. The third kappa shape index (κ3) is 3.54. The van der Waals surface area contributed by atoms with E-state index in [1.807, 2.05) is 55.5 Å². The Morgan fingerprint density at radius 3 is 2.36 bits per heavy atom. The summed E-state index contributed by atoms with van der Waals surface area (Å²) >= 11 is 0. The number of fused-ring (bicyclic) bond motifs is 1. The van der Waals surface area contributed by atoms with Crippen molar-refractivity contribution in [1.29, 1.82) is 0 Å². The van der Waals surface area contributed by atoms with Crippen LogP contribution in [-0.2, 0) is 13.1 Å². The zero-order chi connectivity index (χ0) is 19.5. The Kier molecular flexibility index (Phi) is 4.94. The van der Waals surface area contributed by atoms with Gasteiger partial charge < -0.3 is 9.88 Å². The van der Waals surface area contributed by atoms with Gasteiger partial charge in [0.2, 0.25) is 0 Å². The largest absolute Gasteiger partial charge is 0.345 e. The fraction of sp³-hybridized carbons (Fsp3) is 0.167. The van der Waals surface area contributed by atoms with Gasteiger partial charge >= 0.3 is 0 Å². The van der Waals surface area contributed by atoms with Gasteiger partial charge in [-0.2, -0.15) is 0 Å². The van der Waals surface area contributed by atoms with Crippen molar-refractivity contribution in [2.24, 2.45) is 0 Å². The summed E-state index contributed by atoms with van der Waals surface area (Å²) in [6, 6.07) is 24.1. The van der Waals surface area contributed by atoms with Crippen LogP contribution in [-0.4, -0.2) is 15.5 Å². The van der Waals surface area contributed by atoms with Gasteiger partial charge in [0.1, 0.15) is 5.82 Å². The number of carbonyl (C=O) groups is 1. The first kappa shape index (κ1) is 18.0. The van der Waals surface area contributed by atoms with Gasteiger partial charge in [-0.25, -0.2) is 4.98 Å². The molecule has 1 heterocycles. The Morgan fingerprint density at radius 1 is 0.893 bits per heavy atom. The van der Waals surface area contributed by atoms with Gasteiger partial charge in [0.25, 0.3) is 5.91 Å². The van der Waals surface area contributed by atoms with Crippen LogP contribution in [0.25, 0.3) is 11.0 Å². The smallest absolute Gasteiger partial charge is 0.251 e. The van der Waals surface area contributed by atoms with E-state index in [1.54, 1.807) is 0 Å². The van der Waals surface area contributed by atoms with Crippen LogP contribution in [0.1, 0.15) is 32.9 Å². The molecule has 1 N–H and O–H groups in total. The molecule has 0 saturated carbocycles. The van der Waals surface area contributed by atoms with E-state index in [0.29, 0.717) is 12.1 Å². The summed E-state index contributed by atoms with van der Waals surface area (Å²) < 4.78 is 2.19. The second-order valence-electron chi connectivity index (χ2n) is 7.03. The number of nitrogens with one attached hydrogen (secondary N) is 1. The van der Waals surface area contributed by atoms with Crippen molar-refractivity contribution in [2.75, 3.05) is 0 Å². The molecular weight excluding hydrogens is 346 g/mol. The number of hydrogen-bond acceptors (Lipinski definition) is 2. The highest BCUT2D eigenvalue weighted by atomic mass is 16.1. The third-order valence-electron chi connectivity index (χ3n) is 5.12. The fourth-order valence-corrected chi connectivity index (χ4v) is 3.48. The van der Waals surface area contributed by atoms with Gasteiger partial charge in [-0.15, -0.1) is 0 Å². The van der Waals surface area contributed by atoms with Crippen molar-refractivity contribution in [3.63, 3.8) is 0 Å². The first-order valence-electron chi connectivity index (χ1n) is 9.46. The normalized spacial score (nSPS) is 10.9. The Balaban J connectivity index is 1.64. The molecule has 4 nitrogen and oxygen atoms in total. The fourth-order valence-electron chi connectivity index (χ4n) is 3.48.